The molecule has 0 fully saturated rings. The second-order valence-electron chi connectivity index (χ2n) is 4.05. The van der Waals surface area contributed by atoms with Gasteiger partial charge in [-0.1, -0.05) is 17.7 Å². The Kier molecular flexibility index (Phi) is 6.74. The monoisotopic (exact) mass is 306 g/mol. The summed E-state index contributed by atoms with van der Waals surface area (Å²) in [5, 5.41) is 3.47. The van der Waals surface area contributed by atoms with Gasteiger partial charge in [0.15, 0.2) is 0 Å². The number of halogens is 1. The molecule has 0 aliphatic carbocycles. The molecule has 0 unspecified atom stereocenters. The Balaban J connectivity index is 2.54. The van der Waals surface area contributed by atoms with Gasteiger partial charge in [-0.05, 0) is 24.6 Å². The summed E-state index contributed by atoms with van der Waals surface area (Å²) in [4.78, 5) is 0.219. The lowest BCUT2D eigenvalue weighted by molar-refractivity contribution is 0.199. The van der Waals surface area contributed by atoms with E-state index in [2.05, 4.69) is 10.0 Å². The average molecular weight is 307 g/mol. The first kappa shape index (κ1) is 16.4. The van der Waals surface area contributed by atoms with Crippen molar-refractivity contribution in [2.45, 2.75) is 11.8 Å². The first-order valence-electron chi connectivity index (χ1n) is 5.93. The van der Waals surface area contributed by atoms with Crippen LogP contribution in [0.1, 0.15) is 5.56 Å². The summed E-state index contributed by atoms with van der Waals surface area (Å²) in [6.07, 6.45) is 0. The van der Waals surface area contributed by atoms with Gasteiger partial charge in [-0.3, -0.25) is 0 Å². The first-order chi connectivity index (χ1) is 8.97. The van der Waals surface area contributed by atoms with Crippen molar-refractivity contribution in [1.29, 1.82) is 0 Å². The summed E-state index contributed by atoms with van der Waals surface area (Å²) in [5.74, 6) is 0. The fourth-order valence-corrected chi connectivity index (χ4v) is 3.05. The first-order valence-corrected chi connectivity index (χ1v) is 7.79. The molecular weight excluding hydrogens is 288 g/mol. The highest BCUT2D eigenvalue weighted by molar-refractivity contribution is 7.89. The van der Waals surface area contributed by atoms with Crippen molar-refractivity contribution in [2.75, 3.05) is 33.4 Å². The zero-order valence-electron chi connectivity index (χ0n) is 11.1. The van der Waals surface area contributed by atoms with Gasteiger partial charge in [0.25, 0.3) is 0 Å². The number of benzene rings is 1. The smallest absolute Gasteiger partial charge is 0.240 e. The quantitative estimate of drug-likeness (QED) is 0.707. The number of ether oxygens (including phenoxy) is 1. The number of methoxy groups -OCH3 is 1. The van der Waals surface area contributed by atoms with Gasteiger partial charge in [0.2, 0.25) is 10.0 Å². The second kappa shape index (κ2) is 7.81. The second-order valence-corrected chi connectivity index (χ2v) is 6.22. The Hall–Kier alpha value is -0.660. The van der Waals surface area contributed by atoms with Crippen LogP contribution < -0.4 is 10.0 Å². The highest BCUT2D eigenvalue weighted by Crippen LogP contribution is 2.19. The Morgan fingerprint density at radius 3 is 2.68 bits per heavy atom. The molecular formula is C12H19ClN2O3S. The maximum absolute atomic E-state index is 12.1. The summed E-state index contributed by atoms with van der Waals surface area (Å²) >= 11 is 5.82. The lowest BCUT2D eigenvalue weighted by Crippen LogP contribution is -2.33. The van der Waals surface area contributed by atoms with Crippen LogP contribution in [0.3, 0.4) is 0 Å². The molecule has 0 amide bonds. The van der Waals surface area contributed by atoms with Gasteiger partial charge in [-0.25, -0.2) is 13.1 Å². The Morgan fingerprint density at radius 2 is 2.00 bits per heavy atom. The molecule has 1 rings (SSSR count). The number of sulfonamides is 1. The largest absolute Gasteiger partial charge is 0.383 e. The van der Waals surface area contributed by atoms with Crippen molar-refractivity contribution in [2.24, 2.45) is 0 Å². The number of aryl methyl sites for hydroxylation is 1. The zero-order chi connectivity index (χ0) is 14.3. The minimum Gasteiger partial charge on any atom is -0.383 e. The van der Waals surface area contributed by atoms with Crippen LogP contribution in [0.4, 0.5) is 0 Å². The van der Waals surface area contributed by atoms with E-state index in [4.69, 9.17) is 16.3 Å². The van der Waals surface area contributed by atoms with Gasteiger partial charge in [0, 0.05) is 31.8 Å². The van der Waals surface area contributed by atoms with Crippen molar-refractivity contribution in [3.63, 3.8) is 0 Å². The molecule has 0 aromatic heterocycles. The summed E-state index contributed by atoms with van der Waals surface area (Å²) in [7, 11) is -1.89. The Bertz CT molecular complexity index is 506. The predicted molar refractivity (Wildman–Crippen MR) is 76.1 cm³/mol. The van der Waals surface area contributed by atoms with E-state index in [9.17, 15) is 8.42 Å². The van der Waals surface area contributed by atoms with E-state index in [0.717, 1.165) is 0 Å². The van der Waals surface area contributed by atoms with E-state index in [1.54, 1.807) is 26.2 Å². The molecule has 1 aromatic carbocycles. The van der Waals surface area contributed by atoms with Crippen LogP contribution in [0.15, 0.2) is 23.1 Å². The van der Waals surface area contributed by atoms with E-state index in [1.807, 2.05) is 0 Å². The lowest BCUT2D eigenvalue weighted by Gasteiger charge is -2.10. The number of hydrogen-bond donors (Lipinski definition) is 2. The fraction of sp³-hybridized carbons (Fsp3) is 0.500. The van der Waals surface area contributed by atoms with Crippen molar-refractivity contribution in [3.05, 3.63) is 28.8 Å². The summed E-state index contributed by atoms with van der Waals surface area (Å²) in [6, 6.07) is 4.81. The van der Waals surface area contributed by atoms with Crippen LogP contribution in [-0.2, 0) is 14.8 Å². The Morgan fingerprint density at radius 1 is 1.26 bits per heavy atom. The van der Waals surface area contributed by atoms with Gasteiger partial charge >= 0.3 is 0 Å². The molecule has 5 nitrogen and oxygen atoms in total. The molecule has 0 heterocycles. The van der Waals surface area contributed by atoms with E-state index in [0.29, 0.717) is 36.8 Å². The van der Waals surface area contributed by atoms with Crippen LogP contribution >= 0.6 is 11.6 Å². The third-order valence-corrected chi connectivity index (χ3v) is 4.35. The van der Waals surface area contributed by atoms with E-state index < -0.39 is 10.0 Å². The maximum atomic E-state index is 12.1. The molecule has 108 valence electrons. The molecule has 0 bridgehead atoms. The van der Waals surface area contributed by atoms with E-state index >= 15 is 0 Å². The van der Waals surface area contributed by atoms with Crippen LogP contribution in [0.2, 0.25) is 5.02 Å². The topological polar surface area (TPSA) is 67.4 Å². The van der Waals surface area contributed by atoms with Crippen molar-refractivity contribution in [3.8, 4) is 0 Å². The minimum absolute atomic E-state index is 0.219. The molecule has 2 N–H and O–H groups in total. The summed E-state index contributed by atoms with van der Waals surface area (Å²) < 4.78 is 31.5. The number of nitrogens with one attached hydrogen (secondary N) is 2. The van der Waals surface area contributed by atoms with Gasteiger partial charge in [-0.2, -0.15) is 0 Å². The van der Waals surface area contributed by atoms with Crippen molar-refractivity contribution < 1.29 is 13.2 Å². The van der Waals surface area contributed by atoms with Crippen LogP contribution in [0.25, 0.3) is 0 Å². The molecule has 0 aliphatic heterocycles. The normalized spacial score (nSPS) is 11.7. The van der Waals surface area contributed by atoms with Gasteiger partial charge in [-0.15, -0.1) is 0 Å². The third-order valence-electron chi connectivity index (χ3n) is 2.52. The van der Waals surface area contributed by atoms with Crippen LogP contribution in [-0.4, -0.2) is 41.8 Å². The average Bonchev–Trinajstić information content (AvgIpc) is 2.36. The number of rotatable bonds is 8. The summed E-state index contributed by atoms with van der Waals surface area (Å²) in [5.41, 5.74) is 0.671. The third kappa shape index (κ3) is 5.46. The molecule has 19 heavy (non-hydrogen) atoms. The van der Waals surface area contributed by atoms with Gasteiger partial charge in [0.1, 0.15) is 0 Å². The summed E-state index contributed by atoms with van der Waals surface area (Å²) in [6.45, 7) is 3.89. The molecule has 0 aliphatic rings. The van der Waals surface area contributed by atoms with Crippen LogP contribution in [0, 0.1) is 6.92 Å². The van der Waals surface area contributed by atoms with Gasteiger partial charge in [0.05, 0.1) is 11.5 Å². The zero-order valence-corrected chi connectivity index (χ0v) is 12.6. The lowest BCUT2D eigenvalue weighted by atomic mass is 10.2. The standard InChI is InChI=1S/C12H19ClN2O3S/c1-10-3-4-11(13)9-12(10)19(16,17)15-6-5-14-7-8-18-2/h3-4,9,14-15H,5-8H2,1-2H3. The predicted octanol–water partition coefficient (Wildman–Crippen LogP) is 1.16. The fourth-order valence-electron chi connectivity index (χ4n) is 1.51. The maximum Gasteiger partial charge on any atom is 0.240 e. The van der Waals surface area contributed by atoms with Crippen LogP contribution in [0.5, 0.6) is 0 Å². The molecule has 7 heteroatoms. The Labute approximate surface area is 119 Å². The highest BCUT2D eigenvalue weighted by Gasteiger charge is 2.16. The van der Waals surface area contributed by atoms with E-state index in [1.165, 1.54) is 6.07 Å². The van der Waals surface area contributed by atoms with E-state index in [-0.39, 0.29) is 4.90 Å². The van der Waals surface area contributed by atoms with Crippen molar-refractivity contribution in [1.82, 2.24) is 10.0 Å². The molecule has 0 saturated carbocycles. The molecule has 0 spiro atoms. The SMILES string of the molecule is COCCNCCNS(=O)(=O)c1cc(Cl)ccc1C. The molecule has 0 saturated heterocycles. The molecule has 0 radical (unpaired) electrons. The minimum atomic E-state index is -3.51. The van der Waals surface area contributed by atoms with Gasteiger partial charge < -0.3 is 10.1 Å². The highest BCUT2D eigenvalue weighted by atomic mass is 35.5. The molecule has 0 atom stereocenters. The van der Waals surface area contributed by atoms with Crippen molar-refractivity contribution >= 4 is 21.6 Å². The number of hydrogen-bond acceptors (Lipinski definition) is 4. The molecule has 1 aromatic rings.